The zero-order chi connectivity index (χ0) is 21.5. The fourth-order valence-corrected chi connectivity index (χ4v) is 3.50. The Morgan fingerprint density at radius 2 is 2.07 bits per heavy atom. The minimum atomic E-state index is -0.457. The summed E-state index contributed by atoms with van der Waals surface area (Å²) in [5.41, 5.74) is 2.26. The molecule has 0 bridgehead atoms. The van der Waals surface area contributed by atoms with E-state index < -0.39 is 5.82 Å². The van der Waals surface area contributed by atoms with Gasteiger partial charge in [0.15, 0.2) is 5.65 Å². The van der Waals surface area contributed by atoms with E-state index in [0.717, 1.165) is 24.2 Å². The van der Waals surface area contributed by atoms with Gasteiger partial charge in [-0.2, -0.15) is 0 Å². The average Bonchev–Trinajstić information content (AvgIpc) is 3.39. The molecule has 1 N–H and O–H groups in total. The van der Waals surface area contributed by atoms with E-state index in [9.17, 15) is 14.0 Å². The van der Waals surface area contributed by atoms with Gasteiger partial charge in [0.25, 0.3) is 0 Å². The quantitative estimate of drug-likeness (QED) is 0.629. The summed E-state index contributed by atoms with van der Waals surface area (Å²) in [6.07, 6.45) is 4.68. The summed E-state index contributed by atoms with van der Waals surface area (Å²) in [6.45, 7) is 4.31. The number of nitrogens with zero attached hydrogens (tertiary/aromatic N) is 4. The fraction of sp³-hybridized carbons (Fsp3) is 0.333. The SMILES string of the molecule is CC(=O)N1CCCC1.O=CNCc1nc2cccnc2n1Cc1ccc(F)c(Cl)c1. The van der Waals surface area contributed by atoms with Gasteiger partial charge in [-0.05, 0) is 42.7 Å². The molecule has 0 spiro atoms. The zero-order valence-corrected chi connectivity index (χ0v) is 17.4. The summed E-state index contributed by atoms with van der Waals surface area (Å²) in [5, 5.41) is 2.67. The first kappa shape index (κ1) is 21.7. The van der Waals surface area contributed by atoms with Crippen LogP contribution in [0.25, 0.3) is 11.2 Å². The van der Waals surface area contributed by atoms with E-state index in [1.807, 2.05) is 15.5 Å². The molecule has 3 heterocycles. The van der Waals surface area contributed by atoms with Gasteiger partial charge in [-0.15, -0.1) is 0 Å². The van der Waals surface area contributed by atoms with Crippen LogP contribution < -0.4 is 5.32 Å². The molecule has 1 aliphatic heterocycles. The van der Waals surface area contributed by atoms with Crippen LogP contribution in [-0.2, 0) is 22.7 Å². The molecule has 30 heavy (non-hydrogen) atoms. The van der Waals surface area contributed by atoms with Gasteiger partial charge in [0, 0.05) is 26.2 Å². The number of halogens is 2. The van der Waals surface area contributed by atoms with Gasteiger partial charge in [0.2, 0.25) is 12.3 Å². The molecule has 2 aromatic heterocycles. The lowest BCUT2D eigenvalue weighted by atomic mass is 10.2. The number of amides is 2. The van der Waals surface area contributed by atoms with E-state index in [2.05, 4.69) is 15.3 Å². The lowest BCUT2D eigenvalue weighted by Crippen LogP contribution is -2.24. The second-order valence-corrected chi connectivity index (χ2v) is 7.33. The molecule has 1 aromatic carbocycles. The number of likely N-dealkylation sites (tertiary alicyclic amines) is 1. The van der Waals surface area contributed by atoms with Crippen molar-refractivity contribution in [2.75, 3.05) is 13.1 Å². The van der Waals surface area contributed by atoms with Crippen LogP contribution in [0.15, 0.2) is 36.5 Å². The lowest BCUT2D eigenvalue weighted by Gasteiger charge is -2.10. The second kappa shape index (κ2) is 10.2. The summed E-state index contributed by atoms with van der Waals surface area (Å²) < 4.78 is 15.1. The first-order valence-electron chi connectivity index (χ1n) is 9.66. The molecule has 1 aliphatic rings. The normalized spacial score (nSPS) is 13.1. The Labute approximate surface area is 178 Å². The van der Waals surface area contributed by atoms with Crippen LogP contribution in [0.3, 0.4) is 0 Å². The molecule has 0 aliphatic carbocycles. The molecular formula is C21H23ClFN5O2. The van der Waals surface area contributed by atoms with Crippen molar-refractivity contribution in [2.45, 2.75) is 32.9 Å². The van der Waals surface area contributed by atoms with Gasteiger partial charge < -0.3 is 14.8 Å². The third-order valence-corrected chi connectivity index (χ3v) is 5.09. The summed E-state index contributed by atoms with van der Waals surface area (Å²) in [6, 6.07) is 8.20. The van der Waals surface area contributed by atoms with Crippen molar-refractivity contribution in [3.63, 3.8) is 0 Å². The van der Waals surface area contributed by atoms with Crippen LogP contribution >= 0.6 is 11.6 Å². The van der Waals surface area contributed by atoms with Gasteiger partial charge in [-0.3, -0.25) is 9.59 Å². The highest BCUT2D eigenvalue weighted by atomic mass is 35.5. The lowest BCUT2D eigenvalue weighted by molar-refractivity contribution is -0.127. The molecule has 3 aromatic rings. The van der Waals surface area contributed by atoms with Gasteiger partial charge in [0.1, 0.15) is 17.2 Å². The zero-order valence-electron chi connectivity index (χ0n) is 16.6. The van der Waals surface area contributed by atoms with Gasteiger partial charge in [-0.25, -0.2) is 14.4 Å². The largest absolute Gasteiger partial charge is 0.351 e. The van der Waals surface area contributed by atoms with Crippen molar-refractivity contribution in [1.82, 2.24) is 24.8 Å². The van der Waals surface area contributed by atoms with E-state index in [0.29, 0.717) is 24.4 Å². The van der Waals surface area contributed by atoms with E-state index >= 15 is 0 Å². The Balaban J connectivity index is 0.000000269. The van der Waals surface area contributed by atoms with Crippen LogP contribution in [0, 0.1) is 5.82 Å². The Morgan fingerprint density at radius 3 is 2.70 bits per heavy atom. The van der Waals surface area contributed by atoms with Crippen molar-refractivity contribution in [1.29, 1.82) is 0 Å². The maximum absolute atomic E-state index is 13.3. The Morgan fingerprint density at radius 1 is 1.30 bits per heavy atom. The van der Waals surface area contributed by atoms with Crippen molar-refractivity contribution in [3.05, 3.63) is 58.8 Å². The highest BCUT2D eigenvalue weighted by Gasteiger charge is 2.13. The number of fused-ring (bicyclic) bond motifs is 1. The average molecular weight is 432 g/mol. The molecule has 4 rings (SSSR count). The number of hydrogen-bond acceptors (Lipinski definition) is 4. The van der Waals surface area contributed by atoms with Crippen LogP contribution in [0.2, 0.25) is 5.02 Å². The molecule has 7 nitrogen and oxygen atoms in total. The van der Waals surface area contributed by atoms with Crippen LogP contribution in [0.5, 0.6) is 0 Å². The first-order chi connectivity index (χ1) is 14.5. The summed E-state index contributed by atoms with van der Waals surface area (Å²) in [5.74, 6) is 0.436. The number of carbonyl (C=O) groups excluding carboxylic acids is 2. The Hall–Kier alpha value is -3.00. The number of nitrogens with one attached hydrogen (secondary N) is 1. The minimum Gasteiger partial charge on any atom is -0.351 e. The molecule has 0 radical (unpaired) electrons. The van der Waals surface area contributed by atoms with Crippen LogP contribution in [0.4, 0.5) is 4.39 Å². The molecule has 0 saturated carbocycles. The number of carbonyl (C=O) groups is 2. The molecule has 9 heteroatoms. The van der Waals surface area contributed by atoms with Gasteiger partial charge >= 0.3 is 0 Å². The number of aromatic nitrogens is 3. The van der Waals surface area contributed by atoms with Crippen molar-refractivity contribution in [2.24, 2.45) is 0 Å². The van der Waals surface area contributed by atoms with E-state index in [1.165, 1.54) is 18.9 Å². The number of benzene rings is 1. The Bertz CT molecular complexity index is 1030. The van der Waals surface area contributed by atoms with Crippen molar-refractivity contribution in [3.8, 4) is 0 Å². The maximum atomic E-state index is 13.3. The molecule has 2 amide bonds. The summed E-state index contributed by atoms with van der Waals surface area (Å²) in [4.78, 5) is 31.8. The summed E-state index contributed by atoms with van der Waals surface area (Å²) >= 11 is 5.82. The molecule has 0 atom stereocenters. The predicted octanol–water partition coefficient (Wildman–Crippen LogP) is 3.15. The molecular weight excluding hydrogens is 409 g/mol. The third-order valence-electron chi connectivity index (χ3n) is 4.80. The first-order valence-corrected chi connectivity index (χ1v) is 10.0. The highest BCUT2D eigenvalue weighted by Crippen LogP contribution is 2.20. The Kier molecular flexibility index (Phi) is 7.35. The highest BCUT2D eigenvalue weighted by molar-refractivity contribution is 6.30. The number of hydrogen-bond donors (Lipinski definition) is 1. The molecule has 1 fully saturated rings. The molecule has 1 saturated heterocycles. The van der Waals surface area contributed by atoms with E-state index in [1.54, 1.807) is 31.3 Å². The third kappa shape index (κ3) is 5.33. The van der Waals surface area contributed by atoms with Crippen LogP contribution in [0.1, 0.15) is 31.2 Å². The standard InChI is InChI=1S/C15H12ClFN4O.C6H11NO/c16-11-6-10(3-4-12(11)17)8-21-14(7-18-9-22)20-13-2-1-5-19-15(13)21;1-6(8)7-4-2-3-5-7/h1-6,9H,7-8H2,(H,18,22);2-5H2,1H3. The maximum Gasteiger partial charge on any atom is 0.219 e. The van der Waals surface area contributed by atoms with Crippen molar-refractivity contribution >= 4 is 35.1 Å². The summed E-state index contributed by atoms with van der Waals surface area (Å²) in [7, 11) is 0. The number of imidazole rings is 1. The van der Waals surface area contributed by atoms with E-state index in [-0.39, 0.29) is 17.5 Å². The van der Waals surface area contributed by atoms with Gasteiger partial charge in [0.05, 0.1) is 18.1 Å². The van der Waals surface area contributed by atoms with E-state index in [4.69, 9.17) is 11.6 Å². The minimum absolute atomic E-state index is 0.0717. The van der Waals surface area contributed by atoms with Crippen molar-refractivity contribution < 1.29 is 14.0 Å². The monoisotopic (exact) mass is 431 g/mol. The topological polar surface area (TPSA) is 80.1 Å². The van der Waals surface area contributed by atoms with Gasteiger partial charge in [-0.1, -0.05) is 17.7 Å². The molecule has 158 valence electrons. The fourth-order valence-electron chi connectivity index (χ4n) is 3.29. The number of pyridine rings is 1. The smallest absolute Gasteiger partial charge is 0.219 e. The molecule has 0 unspecified atom stereocenters. The van der Waals surface area contributed by atoms with Crippen LogP contribution in [-0.4, -0.2) is 44.8 Å². The second-order valence-electron chi connectivity index (χ2n) is 6.92. The predicted molar refractivity (Wildman–Crippen MR) is 112 cm³/mol. The number of rotatable bonds is 5.